The molecule has 0 unspecified atom stereocenters. The van der Waals surface area contributed by atoms with E-state index in [1.165, 1.54) is 113 Å². The van der Waals surface area contributed by atoms with E-state index in [-0.39, 0.29) is 60.8 Å². The van der Waals surface area contributed by atoms with Gasteiger partial charge in [0.2, 0.25) is 47.9 Å². The van der Waals surface area contributed by atoms with E-state index in [1.54, 1.807) is 26.0 Å². The van der Waals surface area contributed by atoms with E-state index < -0.39 is 115 Å². The second-order valence-electron chi connectivity index (χ2n) is 27.4. The molecule has 0 amide bonds. The summed E-state index contributed by atoms with van der Waals surface area (Å²) in [7, 11) is -5.57. The first-order chi connectivity index (χ1) is 52.7. The SMILES string of the molecule is CC(C)c1nc(N(C)S(C)(=O)=O)nc(-c2ccc(F)cc2)c1/C=C/[C@@H](O)C[C@@H](O)CC(=O)[O-].CC(C)c1nc(N(C)S(C)(=O)=O)nc(-c2ccc(F)cc2)c1/C=C/[C@@H](O)C[C@@H](O)CC(=O)[O-].COC(=O)C[C@H]1C[C@@H](/C=C/c2c(-c3ccc(F)cc3)nc(N(C)S(C)(=O)=O)nc2C(C)C)OC(C)(C)O1.NCCOCCOCCN. The number of aliphatic hydroxyl groups excluding tert-OH is 4. The van der Waals surface area contributed by atoms with Crippen molar-refractivity contribution in [1.29, 1.82) is 0 Å². The molecule has 0 aliphatic carbocycles. The van der Waals surface area contributed by atoms with Gasteiger partial charge in [0.15, 0.2) is 5.79 Å². The molecule has 0 spiro atoms. The number of nitrogens with zero attached hydrogens (tertiary/aromatic N) is 9. The van der Waals surface area contributed by atoms with E-state index in [0.717, 1.165) is 31.7 Å². The van der Waals surface area contributed by atoms with E-state index in [1.807, 2.05) is 53.7 Å². The summed E-state index contributed by atoms with van der Waals surface area (Å²) in [6, 6.07) is 16.7. The minimum atomic E-state index is -3.66. The number of halogens is 3. The highest BCUT2D eigenvalue weighted by molar-refractivity contribution is 7.92. The molecule has 6 aromatic rings. The molecule has 8 N–H and O–H groups in total. The Hall–Kier alpha value is -8.83. The van der Waals surface area contributed by atoms with Gasteiger partial charge >= 0.3 is 5.97 Å². The third-order valence-corrected chi connectivity index (χ3v) is 19.9. The summed E-state index contributed by atoms with van der Waals surface area (Å²) >= 11 is 0. The number of aliphatic hydroxyl groups is 4. The Morgan fingerprint density at radius 2 is 0.850 bits per heavy atom. The standard InChI is InChI=1S/C26H34FN3O6S.2C22H28FN3O6S.C6H16N2O2/c1-16(2)23-21(13-12-19-14-20(15-22(31)34-6)36-26(3,4)35-19)24(17-8-10-18(27)11-9-17)29-25(28-23)30(5)37(7,32)33;2*1-13(2)20-18(10-9-16(27)11-17(28)12-19(29)30)21(14-5-7-15(23)8-6-14)25-22(24-20)26(3)33(4,31)32;7-1-3-9-5-6-10-4-2-8/h8-13,16,19-20H,14-15H2,1-7H3;2*5-10,13,16-17,27-28H,11-12H2,1-4H3,(H,29,30);1-8H2/p-2/b13-12+;2*10-9+;/t19-,20-;2*16-,17-;/m111./s1. The summed E-state index contributed by atoms with van der Waals surface area (Å²) in [5, 5.41) is 61.1. The lowest BCUT2D eigenvalue weighted by Crippen LogP contribution is -2.44. The van der Waals surface area contributed by atoms with E-state index in [4.69, 9.17) is 35.2 Å². The third-order valence-electron chi connectivity index (χ3n) is 16.4. The number of carboxylic acids is 2. The second kappa shape index (κ2) is 44.7. The van der Waals surface area contributed by atoms with Crippen LogP contribution in [0.3, 0.4) is 0 Å². The Bertz CT molecular complexity index is 4360. The van der Waals surface area contributed by atoms with Crippen LogP contribution in [0.4, 0.5) is 31.0 Å². The van der Waals surface area contributed by atoms with Crippen LogP contribution in [0.1, 0.15) is 145 Å². The van der Waals surface area contributed by atoms with Crippen LogP contribution < -0.4 is 34.6 Å². The highest BCUT2D eigenvalue weighted by Gasteiger charge is 2.36. The number of methoxy groups -OCH3 is 1. The predicted molar refractivity (Wildman–Crippen MR) is 419 cm³/mol. The van der Waals surface area contributed by atoms with Crippen molar-refractivity contribution in [3.05, 3.63) is 142 Å². The average Bonchev–Trinajstić information content (AvgIpc) is 0.790. The molecule has 1 fully saturated rings. The van der Waals surface area contributed by atoms with Crippen LogP contribution in [0, 0.1) is 17.5 Å². The molecule has 0 saturated carbocycles. The molecule has 4 heterocycles. The van der Waals surface area contributed by atoms with Gasteiger partial charge in [0.1, 0.15) is 17.5 Å². The van der Waals surface area contributed by atoms with Crippen LogP contribution in [0.2, 0.25) is 0 Å². The van der Waals surface area contributed by atoms with Crippen LogP contribution in [0.15, 0.2) is 91.0 Å². The van der Waals surface area contributed by atoms with Crippen molar-refractivity contribution in [2.45, 2.75) is 154 Å². The maximum absolute atomic E-state index is 13.7. The van der Waals surface area contributed by atoms with Crippen molar-refractivity contribution in [3.63, 3.8) is 0 Å². The first kappa shape index (κ1) is 96.5. The normalized spacial score (nSPS) is 15.5. The van der Waals surface area contributed by atoms with E-state index in [9.17, 15) is 83.4 Å². The van der Waals surface area contributed by atoms with Gasteiger partial charge in [0.25, 0.3) is 0 Å². The van der Waals surface area contributed by atoms with Crippen molar-refractivity contribution in [2.75, 3.05) is 99.5 Å². The number of benzene rings is 3. The number of anilines is 3. The lowest BCUT2D eigenvalue weighted by molar-refractivity contribution is -0.309. The van der Waals surface area contributed by atoms with Crippen LogP contribution in [0.25, 0.3) is 52.0 Å². The number of carbonyl (C=O) groups is 3. The fourth-order valence-corrected chi connectivity index (χ4v) is 11.8. The number of esters is 1. The number of nitrogens with two attached hydrogens (primary N) is 2. The lowest BCUT2D eigenvalue weighted by atomic mass is 9.97. The lowest BCUT2D eigenvalue weighted by Gasteiger charge is -2.39. The third kappa shape index (κ3) is 32.2. The summed E-state index contributed by atoms with van der Waals surface area (Å²) in [4.78, 5) is 59.9. The zero-order valence-electron chi connectivity index (χ0n) is 65.9. The number of carbonyl (C=O) groups excluding carboxylic acids is 3. The number of aromatic nitrogens is 6. The molecule has 0 bridgehead atoms. The summed E-state index contributed by atoms with van der Waals surface area (Å²) in [6.45, 7) is 18.4. The van der Waals surface area contributed by atoms with Crippen molar-refractivity contribution >= 4 is 84.1 Å². The van der Waals surface area contributed by atoms with Gasteiger partial charge in [-0.15, -0.1) is 0 Å². The largest absolute Gasteiger partial charge is 0.550 e. The molecule has 1 aliphatic heterocycles. The Kier molecular flexibility index (Phi) is 38.2. The molecule has 1 aliphatic rings. The molecule has 624 valence electrons. The Morgan fingerprint density at radius 1 is 0.540 bits per heavy atom. The number of carboxylic acid groups (broad SMARTS) is 2. The number of ether oxygens (including phenoxy) is 5. The molecule has 31 nitrogen and oxygen atoms in total. The summed E-state index contributed by atoms with van der Waals surface area (Å²) < 4.78 is 143. The Labute approximate surface area is 658 Å². The quantitative estimate of drug-likeness (QED) is 0.0215. The van der Waals surface area contributed by atoms with E-state index in [2.05, 4.69) is 29.9 Å². The highest BCUT2D eigenvalue weighted by atomic mass is 32.2. The Balaban J connectivity index is 0.000000337. The van der Waals surface area contributed by atoms with E-state index in [0.29, 0.717) is 113 Å². The van der Waals surface area contributed by atoms with Crippen molar-refractivity contribution < 1.29 is 107 Å². The van der Waals surface area contributed by atoms with Crippen LogP contribution in [0.5, 0.6) is 0 Å². The van der Waals surface area contributed by atoms with E-state index >= 15 is 0 Å². The smallest absolute Gasteiger partial charge is 0.308 e. The van der Waals surface area contributed by atoms with Gasteiger partial charge in [-0.1, -0.05) is 78.0 Å². The summed E-state index contributed by atoms with van der Waals surface area (Å²) in [5.74, 6) is -6.05. The first-order valence-electron chi connectivity index (χ1n) is 35.7. The molecule has 6 atom stereocenters. The molecule has 0 radical (unpaired) electrons. The van der Waals surface area contributed by atoms with Crippen molar-refractivity contribution in [1.82, 2.24) is 29.9 Å². The van der Waals surface area contributed by atoms with Crippen LogP contribution in [-0.4, -0.2) is 222 Å². The number of rotatable bonds is 35. The van der Waals surface area contributed by atoms with Crippen LogP contribution >= 0.6 is 0 Å². The van der Waals surface area contributed by atoms with Gasteiger partial charge in [-0.05, 0) is 104 Å². The zero-order chi connectivity index (χ0) is 85.0. The molecule has 37 heteroatoms. The first-order valence-corrected chi connectivity index (χ1v) is 41.2. The van der Waals surface area contributed by atoms with Crippen molar-refractivity contribution in [2.24, 2.45) is 11.5 Å². The molecular weight excluding hydrogens is 1540 g/mol. The molecule has 1 saturated heterocycles. The predicted octanol–water partition coefficient (Wildman–Crippen LogP) is 5.36. The molecule has 7 rings (SSSR count). The fourth-order valence-electron chi connectivity index (χ4n) is 10.6. The van der Waals surface area contributed by atoms with Gasteiger partial charge in [-0.3, -0.25) is 4.79 Å². The minimum Gasteiger partial charge on any atom is -0.550 e. The average molecular weight is 1640 g/mol. The maximum atomic E-state index is 13.7. The minimum absolute atomic E-state index is 0.0178. The monoisotopic (exact) mass is 1640 g/mol. The van der Waals surface area contributed by atoms with Gasteiger partial charge in [0.05, 0.1) is 130 Å². The zero-order valence-corrected chi connectivity index (χ0v) is 68.4. The van der Waals surface area contributed by atoms with Gasteiger partial charge in [0, 0.05) is 112 Å². The summed E-state index contributed by atoms with van der Waals surface area (Å²) in [6.07, 6.45) is 5.65. The molecule has 113 heavy (non-hydrogen) atoms. The van der Waals surface area contributed by atoms with Crippen LogP contribution in [-0.2, 0) is 68.1 Å². The maximum Gasteiger partial charge on any atom is 0.308 e. The van der Waals surface area contributed by atoms with Gasteiger partial charge in [-0.2, -0.15) is 0 Å². The number of hydrogen-bond donors (Lipinski definition) is 6. The van der Waals surface area contributed by atoms with Crippen molar-refractivity contribution in [3.8, 4) is 33.8 Å². The molecular formula is C76H104F3N11O20S3-2. The molecule has 3 aromatic carbocycles. The molecule has 3 aromatic heterocycles. The Morgan fingerprint density at radius 3 is 1.12 bits per heavy atom. The van der Waals surface area contributed by atoms with Gasteiger partial charge in [-0.25, -0.2) is 81.2 Å². The van der Waals surface area contributed by atoms with Gasteiger partial charge < -0.3 is 75.4 Å². The fraction of sp³-hybridized carbons (Fsp3) is 0.487. The summed E-state index contributed by atoms with van der Waals surface area (Å²) in [5.41, 5.74) is 16.2. The second-order valence-corrected chi connectivity index (χ2v) is 33.5. The number of aliphatic carboxylic acids is 2. The topological polar surface area (TPSA) is 466 Å². The highest BCUT2D eigenvalue weighted by Crippen LogP contribution is 2.37. The number of sulfonamides is 3. The number of hydrogen-bond acceptors (Lipinski definition) is 28.